The van der Waals surface area contributed by atoms with Crippen molar-refractivity contribution >= 4 is 11.9 Å². The van der Waals surface area contributed by atoms with Crippen LogP contribution < -0.4 is 5.32 Å². The van der Waals surface area contributed by atoms with Crippen LogP contribution in [0.5, 0.6) is 5.75 Å². The number of aromatic hydroxyl groups is 1. The lowest BCUT2D eigenvalue weighted by atomic mass is 10.0. The number of benzene rings is 1. The van der Waals surface area contributed by atoms with Gasteiger partial charge in [0.05, 0.1) is 5.56 Å². The van der Waals surface area contributed by atoms with E-state index in [0.29, 0.717) is 0 Å². The molecule has 0 fully saturated rings. The number of carbonyl (C=O) groups excluding carboxylic acids is 1. The summed E-state index contributed by atoms with van der Waals surface area (Å²) < 4.78 is 0. The second-order valence-corrected chi connectivity index (χ2v) is 4.05. The van der Waals surface area contributed by atoms with Crippen LogP contribution in [-0.2, 0) is 4.79 Å². The van der Waals surface area contributed by atoms with E-state index in [1.54, 1.807) is 26.0 Å². The van der Waals surface area contributed by atoms with E-state index in [0.717, 1.165) is 0 Å². The van der Waals surface area contributed by atoms with Crippen LogP contribution in [0.15, 0.2) is 24.3 Å². The van der Waals surface area contributed by atoms with E-state index in [9.17, 15) is 14.7 Å². The zero-order valence-electron chi connectivity index (χ0n) is 9.68. The van der Waals surface area contributed by atoms with Crippen LogP contribution in [0, 0.1) is 5.92 Å². The molecule has 3 N–H and O–H groups in total. The van der Waals surface area contributed by atoms with Gasteiger partial charge in [0.25, 0.3) is 5.91 Å². The lowest BCUT2D eigenvalue weighted by Gasteiger charge is -2.18. The zero-order valence-corrected chi connectivity index (χ0v) is 9.68. The van der Waals surface area contributed by atoms with Crippen LogP contribution in [0.25, 0.3) is 0 Å². The topological polar surface area (TPSA) is 86.6 Å². The molecule has 5 nitrogen and oxygen atoms in total. The highest BCUT2D eigenvalue weighted by atomic mass is 16.4. The van der Waals surface area contributed by atoms with Crippen LogP contribution in [0.2, 0.25) is 0 Å². The van der Waals surface area contributed by atoms with E-state index < -0.39 is 17.9 Å². The number of hydrogen-bond donors (Lipinski definition) is 3. The van der Waals surface area contributed by atoms with Crippen molar-refractivity contribution in [3.63, 3.8) is 0 Å². The van der Waals surface area contributed by atoms with Gasteiger partial charge in [0.2, 0.25) is 0 Å². The molecule has 0 heterocycles. The second kappa shape index (κ2) is 5.34. The summed E-state index contributed by atoms with van der Waals surface area (Å²) in [6, 6.07) is 5.02. The van der Waals surface area contributed by atoms with E-state index in [1.807, 2.05) is 0 Å². The molecule has 0 aliphatic heterocycles. The van der Waals surface area contributed by atoms with Gasteiger partial charge in [-0.15, -0.1) is 0 Å². The number of phenols is 1. The summed E-state index contributed by atoms with van der Waals surface area (Å²) in [5, 5.41) is 20.8. The molecule has 0 saturated carbocycles. The van der Waals surface area contributed by atoms with E-state index in [-0.39, 0.29) is 17.2 Å². The number of amides is 1. The summed E-state index contributed by atoms with van der Waals surface area (Å²) in [6.45, 7) is 3.40. The summed E-state index contributed by atoms with van der Waals surface area (Å²) >= 11 is 0. The molecule has 1 aromatic rings. The van der Waals surface area contributed by atoms with Gasteiger partial charge in [-0.2, -0.15) is 0 Å². The van der Waals surface area contributed by atoms with E-state index >= 15 is 0 Å². The number of hydrogen-bond acceptors (Lipinski definition) is 3. The number of carbonyl (C=O) groups is 2. The molecule has 1 aromatic carbocycles. The Morgan fingerprint density at radius 1 is 1.24 bits per heavy atom. The molecule has 0 spiro atoms. The Balaban J connectivity index is 2.85. The van der Waals surface area contributed by atoms with Gasteiger partial charge < -0.3 is 15.5 Å². The van der Waals surface area contributed by atoms with Gasteiger partial charge in [-0.25, -0.2) is 4.79 Å². The molecule has 17 heavy (non-hydrogen) atoms. The monoisotopic (exact) mass is 237 g/mol. The van der Waals surface area contributed by atoms with Gasteiger partial charge in [-0.3, -0.25) is 4.79 Å². The fourth-order valence-corrected chi connectivity index (χ4v) is 1.40. The molecular formula is C12H15NO4. The summed E-state index contributed by atoms with van der Waals surface area (Å²) in [5.74, 6) is -2.09. The Hall–Kier alpha value is -2.04. The Morgan fingerprint density at radius 2 is 1.82 bits per heavy atom. The smallest absolute Gasteiger partial charge is 0.326 e. The fourth-order valence-electron chi connectivity index (χ4n) is 1.40. The molecule has 0 radical (unpaired) electrons. The standard InChI is InChI=1S/C12H15NO4/c1-7(2)10(12(16)17)13-11(15)8-5-3-4-6-9(8)14/h3-7,10,14H,1-2H3,(H,13,15)(H,16,17). The van der Waals surface area contributed by atoms with Gasteiger partial charge in [-0.1, -0.05) is 26.0 Å². The summed E-state index contributed by atoms with van der Waals surface area (Å²) in [5.41, 5.74) is 0.0689. The molecule has 1 unspecified atom stereocenters. The van der Waals surface area contributed by atoms with Crippen molar-refractivity contribution in [3.05, 3.63) is 29.8 Å². The molecule has 1 rings (SSSR count). The Morgan fingerprint density at radius 3 is 2.29 bits per heavy atom. The number of aliphatic carboxylic acids is 1. The zero-order chi connectivity index (χ0) is 13.0. The maximum absolute atomic E-state index is 11.8. The maximum Gasteiger partial charge on any atom is 0.326 e. The minimum absolute atomic E-state index is 0.0689. The molecule has 0 aliphatic rings. The van der Waals surface area contributed by atoms with Crippen LogP contribution in [0.3, 0.4) is 0 Å². The largest absolute Gasteiger partial charge is 0.507 e. The summed E-state index contributed by atoms with van der Waals surface area (Å²) in [6.07, 6.45) is 0. The third kappa shape index (κ3) is 3.21. The number of phenolic OH excluding ortho intramolecular Hbond substituents is 1. The number of rotatable bonds is 4. The third-order valence-corrected chi connectivity index (χ3v) is 2.37. The normalized spacial score (nSPS) is 12.2. The van der Waals surface area contributed by atoms with E-state index in [4.69, 9.17) is 5.11 Å². The van der Waals surface area contributed by atoms with Gasteiger partial charge in [0.15, 0.2) is 0 Å². The average Bonchev–Trinajstić information content (AvgIpc) is 2.25. The minimum atomic E-state index is -1.09. The van der Waals surface area contributed by atoms with Crippen molar-refractivity contribution in [2.45, 2.75) is 19.9 Å². The molecule has 0 saturated heterocycles. The van der Waals surface area contributed by atoms with Crippen molar-refractivity contribution in [1.29, 1.82) is 0 Å². The number of para-hydroxylation sites is 1. The van der Waals surface area contributed by atoms with Crippen LogP contribution in [0.1, 0.15) is 24.2 Å². The van der Waals surface area contributed by atoms with Crippen molar-refractivity contribution < 1.29 is 19.8 Å². The van der Waals surface area contributed by atoms with Gasteiger partial charge in [0, 0.05) is 0 Å². The molecule has 1 atom stereocenters. The molecule has 0 aromatic heterocycles. The fraction of sp³-hybridized carbons (Fsp3) is 0.333. The first kappa shape index (κ1) is 13.0. The average molecular weight is 237 g/mol. The predicted octanol–water partition coefficient (Wildman–Crippen LogP) is 1.23. The van der Waals surface area contributed by atoms with Gasteiger partial charge in [-0.05, 0) is 18.1 Å². The Labute approximate surface area is 99.1 Å². The van der Waals surface area contributed by atoms with Crippen LogP contribution in [0.4, 0.5) is 0 Å². The van der Waals surface area contributed by atoms with Crippen LogP contribution in [-0.4, -0.2) is 28.1 Å². The number of carboxylic acids is 1. The highest BCUT2D eigenvalue weighted by molar-refractivity contribution is 5.98. The first-order valence-corrected chi connectivity index (χ1v) is 5.25. The Bertz CT molecular complexity index is 428. The number of carboxylic acid groups (broad SMARTS) is 1. The van der Waals surface area contributed by atoms with Crippen molar-refractivity contribution in [2.24, 2.45) is 5.92 Å². The molecule has 5 heteroatoms. The molecule has 1 amide bonds. The Kier molecular flexibility index (Phi) is 4.09. The van der Waals surface area contributed by atoms with E-state index in [2.05, 4.69) is 5.32 Å². The van der Waals surface area contributed by atoms with Crippen LogP contribution >= 0.6 is 0 Å². The molecule has 0 aliphatic carbocycles. The summed E-state index contributed by atoms with van der Waals surface area (Å²) in [4.78, 5) is 22.7. The number of nitrogens with one attached hydrogen (secondary N) is 1. The van der Waals surface area contributed by atoms with Crippen molar-refractivity contribution in [3.8, 4) is 5.75 Å². The lowest BCUT2D eigenvalue weighted by Crippen LogP contribution is -2.44. The first-order valence-electron chi connectivity index (χ1n) is 5.25. The van der Waals surface area contributed by atoms with Crippen molar-refractivity contribution in [1.82, 2.24) is 5.32 Å². The maximum atomic E-state index is 11.8. The minimum Gasteiger partial charge on any atom is -0.507 e. The highest BCUT2D eigenvalue weighted by Crippen LogP contribution is 2.16. The van der Waals surface area contributed by atoms with Gasteiger partial charge in [0.1, 0.15) is 11.8 Å². The lowest BCUT2D eigenvalue weighted by molar-refractivity contribution is -0.140. The van der Waals surface area contributed by atoms with Crippen molar-refractivity contribution in [2.75, 3.05) is 0 Å². The summed E-state index contributed by atoms with van der Waals surface area (Å²) in [7, 11) is 0. The SMILES string of the molecule is CC(C)C(NC(=O)c1ccccc1O)C(=O)O. The predicted molar refractivity (Wildman–Crippen MR) is 61.8 cm³/mol. The van der Waals surface area contributed by atoms with Gasteiger partial charge >= 0.3 is 5.97 Å². The highest BCUT2D eigenvalue weighted by Gasteiger charge is 2.24. The van der Waals surface area contributed by atoms with E-state index in [1.165, 1.54) is 12.1 Å². The first-order chi connectivity index (χ1) is 7.93. The third-order valence-electron chi connectivity index (χ3n) is 2.37. The quantitative estimate of drug-likeness (QED) is 0.735. The second-order valence-electron chi connectivity index (χ2n) is 4.05. The molecule has 0 bridgehead atoms. The molecular weight excluding hydrogens is 222 g/mol. The molecule has 92 valence electrons.